The molecule has 1 saturated carbocycles. The van der Waals surface area contributed by atoms with Crippen molar-refractivity contribution in [2.45, 2.75) is 70.3 Å². The molecule has 0 spiro atoms. The molecule has 0 bridgehead atoms. The van der Waals surface area contributed by atoms with Gasteiger partial charge in [0.05, 0.1) is 0 Å². The first-order valence-electron chi connectivity index (χ1n) is 10.9. The second-order valence-corrected chi connectivity index (χ2v) is 10.1. The third-order valence-corrected chi connectivity index (χ3v) is 6.96. The molecule has 31 heavy (non-hydrogen) atoms. The van der Waals surface area contributed by atoms with Crippen molar-refractivity contribution < 1.29 is 9.59 Å². The average Bonchev–Trinajstić information content (AvgIpc) is 3.06. The minimum Gasteiger partial charge on any atom is -0.299 e. The van der Waals surface area contributed by atoms with E-state index in [1.54, 1.807) is 12.1 Å². The first-order valence-corrected chi connectivity index (χ1v) is 10.9. The number of rotatable bonds is 4. The summed E-state index contributed by atoms with van der Waals surface area (Å²) >= 11 is 0. The van der Waals surface area contributed by atoms with Gasteiger partial charge in [0.2, 0.25) is 0 Å². The van der Waals surface area contributed by atoms with Gasteiger partial charge >= 0.3 is 0 Å². The maximum absolute atomic E-state index is 12.1. The van der Waals surface area contributed by atoms with Crippen molar-refractivity contribution in [2.24, 2.45) is 5.18 Å². The van der Waals surface area contributed by atoms with Crippen LogP contribution >= 0.6 is 0 Å². The number of fused-ring (bicyclic) bond motifs is 1. The third kappa shape index (κ3) is 3.58. The van der Waals surface area contributed by atoms with Crippen molar-refractivity contribution in [3.05, 3.63) is 86.8 Å². The number of hydrogen-bond acceptors (Lipinski definition) is 4. The van der Waals surface area contributed by atoms with Crippen molar-refractivity contribution in [3.8, 4) is 0 Å². The number of benzene rings is 2. The Bertz CT molecular complexity index is 1090. The van der Waals surface area contributed by atoms with E-state index in [0.717, 1.165) is 16.7 Å². The van der Waals surface area contributed by atoms with Crippen LogP contribution in [0.3, 0.4) is 0 Å². The third-order valence-electron chi connectivity index (χ3n) is 6.96. The van der Waals surface area contributed by atoms with Crippen molar-refractivity contribution in [2.75, 3.05) is 0 Å². The highest BCUT2D eigenvalue weighted by Gasteiger charge is 2.35. The molecule has 4 heteroatoms. The molecule has 0 aromatic heterocycles. The lowest BCUT2D eigenvalue weighted by molar-refractivity contribution is -0.123. The molecule has 160 valence electrons. The molecule has 1 fully saturated rings. The van der Waals surface area contributed by atoms with Gasteiger partial charge in [-0.25, -0.2) is 0 Å². The van der Waals surface area contributed by atoms with Crippen LogP contribution in [0.15, 0.2) is 53.7 Å². The molecule has 2 aromatic rings. The zero-order valence-electron chi connectivity index (χ0n) is 18.9. The van der Waals surface area contributed by atoms with Gasteiger partial charge in [-0.1, -0.05) is 81.4 Å². The van der Waals surface area contributed by atoms with E-state index < -0.39 is 12.0 Å². The van der Waals surface area contributed by atoms with Crippen LogP contribution in [-0.4, -0.2) is 11.6 Å². The molecule has 0 saturated heterocycles. The zero-order valence-corrected chi connectivity index (χ0v) is 18.9. The first-order chi connectivity index (χ1) is 14.5. The average molecular weight is 416 g/mol. The van der Waals surface area contributed by atoms with E-state index in [0.29, 0.717) is 18.4 Å². The van der Waals surface area contributed by atoms with E-state index in [1.165, 1.54) is 11.1 Å². The fourth-order valence-electron chi connectivity index (χ4n) is 4.94. The van der Waals surface area contributed by atoms with Crippen LogP contribution in [0.2, 0.25) is 0 Å². The number of aryl methyl sites for hydroxylation is 1. The van der Waals surface area contributed by atoms with Gasteiger partial charge < -0.3 is 0 Å². The fraction of sp³-hybridized carbons (Fsp3) is 0.407. The SMILES string of the molecule is Cc1cc2c(cc1C(N=O)c1ccc(C3C(=O)CCC3=O)cc1)C(C)(C)C=CC2(C)C. The number of carbonyl (C=O) groups excluding carboxylic acids is 2. The van der Waals surface area contributed by atoms with Crippen LogP contribution in [0.4, 0.5) is 0 Å². The molecule has 2 aromatic carbocycles. The molecule has 4 rings (SSSR count). The Morgan fingerprint density at radius 3 is 1.90 bits per heavy atom. The van der Waals surface area contributed by atoms with E-state index in [9.17, 15) is 14.5 Å². The largest absolute Gasteiger partial charge is 0.299 e. The summed E-state index contributed by atoms with van der Waals surface area (Å²) in [4.78, 5) is 36.2. The smallest absolute Gasteiger partial charge is 0.148 e. The van der Waals surface area contributed by atoms with Gasteiger partial charge in [-0.05, 0) is 40.3 Å². The van der Waals surface area contributed by atoms with Crippen molar-refractivity contribution in [1.29, 1.82) is 0 Å². The number of hydrogen-bond donors (Lipinski definition) is 0. The Balaban J connectivity index is 1.75. The van der Waals surface area contributed by atoms with Crippen molar-refractivity contribution in [3.63, 3.8) is 0 Å². The summed E-state index contributed by atoms with van der Waals surface area (Å²) in [5.41, 5.74) is 5.70. The summed E-state index contributed by atoms with van der Waals surface area (Å²) in [5.74, 6) is -0.700. The van der Waals surface area contributed by atoms with Gasteiger partial charge in [-0.2, -0.15) is 0 Å². The number of allylic oxidation sites excluding steroid dienone is 2. The molecule has 0 aliphatic heterocycles. The summed E-state index contributed by atoms with van der Waals surface area (Å²) in [5, 5.41) is 3.48. The number of nitroso groups, excluding NO2 is 1. The van der Waals surface area contributed by atoms with Gasteiger partial charge in [0.25, 0.3) is 0 Å². The summed E-state index contributed by atoms with van der Waals surface area (Å²) in [6.45, 7) is 10.8. The summed E-state index contributed by atoms with van der Waals surface area (Å²) < 4.78 is 0. The van der Waals surface area contributed by atoms with Crippen molar-refractivity contribution >= 4 is 11.6 Å². The second-order valence-electron chi connectivity index (χ2n) is 10.1. The molecule has 2 aliphatic carbocycles. The highest BCUT2D eigenvalue weighted by molar-refractivity contribution is 6.13. The Kier molecular flexibility index (Phi) is 5.07. The Labute approximate surface area is 183 Å². The predicted molar refractivity (Wildman–Crippen MR) is 122 cm³/mol. The van der Waals surface area contributed by atoms with Crippen LogP contribution in [0.25, 0.3) is 0 Å². The predicted octanol–water partition coefficient (Wildman–Crippen LogP) is 5.99. The molecule has 0 N–H and O–H groups in total. The molecular formula is C27H29NO3. The van der Waals surface area contributed by atoms with Gasteiger partial charge in [0.1, 0.15) is 23.5 Å². The Hall–Kier alpha value is -2.88. The molecular weight excluding hydrogens is 386 g/mol. The molecule has 4 nitrogen and oxygen atoms in total. The summed E-state index contributed by atoms with van der Waals surface area (Å²) in [7, 11) is 0. The fourth-order valence-corrected chi connectivity index (χ4v) is 4.94. The first kappa shape index (κ1) is 21.4. The number of ketones is 2. The van der Waals surface area contributed by atoms with E-state index in [-0.39, 0.29) is 22.4 Å². The lowest BCUT2D eigenvalue weighted by Crippen LogP contribution is -2.29. The van der Waals surface area contributed by atoms with Gasteiger partial charge in [-0.15, -0.1) is 4.91 Å². The van der Waals surface area contributed by atoms with E-state index in [1.807, 2.05) is 19.1 Å². The summed E-state index contributed by atoms with van der Waals surface area (Å²) in [6.07, 6.45) is 5.13. The van der Waals surface area contributed by atoms with Crippen LogP contribution in [0.5, 0.6) is 0 Å². The number of carbonyl (C=O) groups is 2. The lowest BCUT2D eigenvalue weighted by Gasteiger charge is -2.37. The molecule has 0 radical (unpaired) electrons. The molecule has 1 unspecified atom stereocenters. The van der Waals surface area contributed by atoms with E-state index >= 15 is 0 Å². The zero-order chi connectivity index (χ0) is 22.6. The normalized spacial score (nSPS) is 20.5. The Morgan fingerprint density at radius 2 is 1.39 bits per heavy atom. The highest BCUT2D eigenvalue weighted by atomic mass is 16.3. The topological polar surface area (TPSA) is 63.6 Å². The maximum Gasteiger partial charge on any atom is 0.148 e. The molecule has 0 amide bonds. The minimum atomic E-state index is -0.656. The Morgan fingerprint density at radius 1 is 0.871 bits per heavy atom. The molecule has 1 atom stereocenters. The van der Waals surface area contributed by atoms with Gasteiger partial charge in [-0.3, -0.25) is 9.59 Å². The second kappa shape index (κ2) is 7.37. The van der Waals surface area contributed by atoms with Crippen LogP contribution in [0, 0.1) is 11.8 Å². The standard InChI is InChI=1S/C27H29NO3/c1-16-14-20-21(27(4,5)13-12-26(20,2)3)15-19(16)25(28-31)18-8-6-17(7-9-18)24-22(29)10-11-23(24)30/h6-9,12-15,24-25H,10-11H2,1-5H3. The molecule has 0 heterocycles. The number of nitrogens with zero attached hydrogens (tertiary/aromatic N) is 1. The van der Waals surface area contributed by atoms with Crippen LogP contribution < -0.4 is 0 Å². The summed E-state index contributed by atoms with van der Waals surface area (Å²) in [6, 6.07) is 10.9. The lowest BCUT2D eigenvalue weighted by atomic mass is 9.67. The van der Waals surface area contributed by atoms with E-state index in [4.69, 9.17) is 0 Å². The monoisotopic (exact) mass is 415 g/mol. The maximum atomic E-state index is 12.1. The van der Waals surface area contributed by atoms with Crippen molar-refractivity contribution in [1.82, 2.24) is 0 Å². The minimum absolute atomic E-state index is 0.0220. The molecule has 2 aliphatic rings. The van der Waals surface area contributed by atoms with Crippen LogP contribution in [-0.2, 0) is 20.4 Å². The number of Topliss-reactive ketones (excluding diaryl/α,β-unsaturated/α-hetero) is 2. The van der Waals surface area contributed by atoms with E-state index in [2.05, 4.69) is 57.2 Å². The van der Waals surface area contributed by atoms with Gasteiger partial charge in [0.15, 0.2) is 0 Å². The highest BCUT2D eigenvalue weighted by Crippen LogP contribution is 2.44. The quantitative estimate of drug-likeness (QED) is 0.350. The van der Waals surface area contributed by atoms with Gasteiger partial charge in [0, 0.05) is 23.7 Å². The van der Waals surface area contributed by atoms with Crippen LogP contribution in [0.1, 0.15) is 85.9 Å².